The summed E-state index contributed by atoms with van der Waals surface area (Å²) in [4.78, 5) is 2.47. The number of fused-ring (bicyclic) bond motifs is 1. The number of benzene rings is 3. The topological polar surface area (TPSA) is 18.8 Å². The zero-order valence-corrected chi connectivity index (χ0v) is 14.7. The molecule has 0 unspecified atom stereocenters. The minimum Gasteiger partial charge on any atom is -0.295 e. The van der Waals surface area contributed by atoms with Crippen molar-refractivity contribution in [2.24, 2.45) is 5.10 Å². The molecule has 0 atom stereocenters. The molecule has 132 valence electrons. The highest BCUT2D eigenvalue weighted by Gasteiger charge is 2.16. The van der Waals surface area contributed by atoms with E-state index >= 15 is 0 Å². The monoisotopic (exact) mass is 347 g/mol. The Labute approximate surface area is 153 Å². The maximum atomic E-state index is 13.2. The van der Waals surface area contributed by atoms with Crippen LogP contribution < -0.4 is 0 Å². The van der Waals surface area contributed by atoms with Gasteiger partial charge in [-0.05, 0) is 34.0 Å². The molecule has 3 nitrogen and oxygen atoms in total. The minimum atomic E-state index is -0.228. The minimum absolute atomic E-state index is 0.228. The smallest absolute Gasteiger partial charge is 0.123 e. The average Bonchev–Trinajstić information content (AvgIpc) is 2.68. The first-order valence-corrected chi connectivity index (χ1v) is 9.01. The Hall–Kier alpha value is -2.72. The Morgan fingerprint density at radius 2 is 1.65 bits per heavy atom. The van der Waals surface area contributed by atoms with Crippen LogP contribution in [0.1, 0.15) is 11.1 Å². The van der Waals surface area contributed by atoms with Crippen LogP contribution in [0.15, 0.2) is 71.8 Å². The van der Waals surface area contributed by atoms with Crippen molar-refractivity contribution in [3.8, 4) is 0 Å². The van der Waals surface area contributed by atoms with E-state index < -0.39 is 0 Å². The lowest BCUT2D eigenvalue weighted by Gasteiger charge is -2.33. The van der Waals surface area contributed by atoms with Gasteiger partial charge in [0, 0.05) is 32.7 Å². The van der Waals surface area contributed by atoms with Gasteiger partial charge in [0.2, 0.25) is 0 Å². The molecule has 0 bridgehead atoms. The predicted octanol–water partition coefficient (Wildman–Crippen LogP) is 4.13. The van der Waals surface area contributed by atoms with Gasteiger partial charge in [0.1, 0.15) is 5.82 Å². The Morgan fingerprint density at radius 1 is 0.885 bits per heavy atom. The van der Waals surface area contributed by atoms with Crippen LogP contribution in [0.25, 0.3) is 10.8 Å². The lowest BCUT2D eigenvalue weighted by molar-refractivity contribution is 0.131. The second-order valence-electron chi connectivity index (χ2n) is 6.67. The summed E-state index contributed by atoms with van der Waals surface area (Å²) in [5.41, 5.74) is 2.17. The Morgan fingerprint density at radius 3 is 2.50 bits per heavy atom. The molecule has 1 heterocycles. The van der Waals surface area contributed by atoms with Crippen molar-refractivity contribution in [1.82, 2.24) is 9.91 Å². The lowest BCUT2D eigenvalue weighted by Crippen LogP contribution is -2.43. The van der Waals surface area contributed by atoms with Crippen LogP contribution in [0, 0.1) is 5.82 Å². The fourth-order valence-corrected chi connectivity index (χ4v) is 3.42. The maximum absolute atomic E-state index is 13.2. The summed E-state index contributed by atoms with van der Waals surface area (Å²) in [6.07, 6.45) is 1.74. The van der Waals surface area contributed by atoms with Crippen molar-refractivity contribution in [3.05, 3.63) is 83.7 Å². The lowest BCUT2D eigenvalue weighted by atomic mass is 10.0. The van der Waals surface area contributed by atoms with Crippen LogP contribution in [-0.2, 0) is 6.54 Å². The summed E-state index contributed by atoms with van der Waals surface area (Å²) in [6.45, 7) is 4.68. The zero-order chi connectivity index (χ0) is 17.8. The molecule has 0 spiro atoms. The molecule has 1 aliphatic rings. The molecule has 0 aliphatic carbocycles. The molecule has 4 rings (SSSR count). The molecular formula is C22H22FN3. The fourth-order valence-electron chi connectivity index (χ4n) is 3.42. The largest absolute Gasteiger partial charge is 0.295 e. The van der Waals surface area contributed by atoms with Gasteiger partial charge in [-0.1, -0.05) is 54.6 Å². The third-order valence-electron chi connectivity index (χ3n) is 4.84. The molecule has 1 aliphatic heterocycles. The summed E-state index contributed by atoms with van der Waals surface area (Å²) in [7, 11) is 0. The average molecular weight is 347 g/mol. The van der Waals surface area contributed by atoms with Crippen molar-refractivity contribution >= 4 is 17.0 Å². The number of hydrogen-bond acceptors (Lipinski definition) is 3. The number of hydrazone groups is 1. The number of hydrogen-bond donors (Lipinski definition) is 0. The molecule has 1 saturated heterocycles. The molecule has 1 fully saturated rings. The summed E-state index contributed by atoms with van der Waals surface area (Å²) in [5, 5.41) is 9.19. The highest BCUT2D eigenvalue weighted by molar-refractivity contribution is 5.85. The van der Waals surface area contributed by atoms with Gasteiger partial charge in [0.05, 0.1) is 6.21 Å². The van der Waals surface area contributed by atoms with E-state index in [2.05, 4.69) is 57.5 Å². The first-order valence-electron chi connectivity index (χ1n) is 9.01. The van der Waals surface area contributed by atoms with Gasteiger partial charge in [-0.15, -0.1) is 0 Å². The maximum Gasteiger partial charge on any atom is 0.123 e. The van der Waals surface area contributed by atoms with Gasteiger partial charge in [-0.3, -0.25) is 9.91 Å². The van der Waals surface area contributed by atoms with Crippen LogP contribution in [0.4, 0.5) is 4.39 Å². The molecular weight excluding hydrogens is 325 g/mol. The molecule has 26 heavy (non-hydrogen) atoms. The number of halogens is 1. The molecule has 0 N–H and O–H groups in total. The van der Waals surface area contributed by atoms with E-state index in [-0.39, 0.29) is 5.82 Å². The quantitative estimate of drug-likeness (QED) is 0.661. The van der Waals surface area contributed by atoms with Gasteiger partial charge in [0.15, 0.2) is 0 Å². The SMILES string of the molecule is Fc1cccc(/C=N/N2CCN(Cc3cccc4ccccc34)CC2)c1. The third-order valence-corrected chi connectivity index (χ3v) is 4.84. The number of piperazine rings is 1. The highest BCUT2D eigenvalue weighted by atomic mass is 19.1. The van der Waals surface area contributed by atoms with E-state index in [9.17, 15) is 4.39 Å². The van der Waals surface area contributed by atoms with Gasteiger partial charge in [-0.25, -0.2) is 4.39 Å². The highest BCUT2D eigenvalue weighted by Crippen LogP contribution is 2.20. The Bertz CT molecular complexity index is 909. The second-order valence-corrected chi connectivity index (χ2v) is 6.67. The van der Waals surface area contributed by atoms with E-state index in [1.807, 2.05) is 6.07 Å². The predicted molar refractivity (Wildman–Crippen MR) is 105 cm³/mol. The molecule has 0 saturated carbocycles. The van der Waals surface area contributed by atoms with Crippen LogP contribution in [0.2, 0.25) is 0 Å². The van der Waals surface area contributed by atoms with Crippen LogP contribution in [-0.4, -0.2) is 42.3 Å². The molecule has 0 amide bonds. The van der Waals surface area contributed by atoms with Crippen LogP contribution in [0.5, 0.6) is 0 Å². The van der Waals surface area contributed by atoms with E-state index in [1.54, 1.807) is 12.3 Å². The number of rotatable bonds is 4. The summed E-state index contributed by atoms with van der Waals surface area (Å²) >= 11 is 0. The van der Waals surface area contributed by atoms with Crippen molar-refractivity contribution in [2.75, 3.05) is 26.2 Å². The normalized spacial score (nSPS) is 15.8. The fraction of sp³-hybridized carbons (Fsp3) is 0.227. The van der Waals surface area contributed by atoms with Gasteiger partial charge < -0.3 is 0 Å². The first kappa shape index (κ1) is 16.7. The van der Waals surface area contributed by atoms with E-state index in [0.29, 0.717) is 0 Å². The molecule has 3 aromatic rings. The molecule has 0 aromatic heterocycles. The van der Waals surface area contributed by atoms with Gasteiger partial charge in [0.25, 0.3) is 0 Å². The zero-order valence-electron chi connectivity index (χ0n) is 14.7. The second kappa shape index (κ2) is 7.67. The van der Waals surface area contributed by atoms with Crippen molar-refractivity contribution in [2.45, 2.75) is 6.54 Å². The van der Waals surface area contributed by atoms with Crippen LogP contribution in [0.3, 0.4) is 0 Å². The Balaban J connectivity index is 1.36. The van der Waals surface area contributed by atoms with Gasteiger partial charge >= 0.3 is 0 Å². The summed E-state index contributed by atoms with van der Waals surface area (Å²) < 4.78 is 13.2. The first-order chi connectivity index (χ1) is 12.8. The molecule has 0 radical (unpaired) electrons. The standard InChI is InChI=1S/C22H22FN3/c23-21-9-3-5-18(15-21)16-24-26-13-11-25(12-14-26)17-20-8-4-7-19-6-1-2-10-22(19)20/h1-10,15-16H,11-14,17H2/b24-16+. The molecule has 4 heteroatoms. The van der Waals surface area contributed by atoms with Crippen molar-refractivity contribution in [3.63, 3.8) is 0 Å². The van der Waals surface area contributed by atoms with E-state index in [4.69, 9.17) is 0 Å². The number of nitrogens with zero attached hydrogens (tertiary/aromatic N) is 3. The Kier molecular flexibility index (Phi) is 4.93. The third kappa shape index (κ3) is 3.92. The van der Waals surface area contributed by atoms with Gasteiger partial charge in [-0.2, -0.15) is 5.10 Å². The van der Waals surface area contributed by atoms with Crippen LogP contribution >= 0.6 is 0 Å². The summed E-state index contributed by atoms with van der Waals surface area (Å²) in [6, 6.07) is 21.6. The van der Waals surface area contributed by atoms with E-state index in [1.165, 1.54) is 28.5 Å². The van der Waals surface area contributed by atoms with Crippen molar-refractivity contribution in [1.29, 1.82) is 0 Å². The van der Waals surface area contributed by atoms with E-state index in [0.717, 1.165) is 38.3 Å². The molecule has 3 aromatic carbocycles. The van der Waals surface area contributed by atoms with Crippen molar-refractivity contribution < 1.29 is 4.39 Å². The summed E-state index contributed by atoms with van der Waals surface area (Å²) in [5.74, 6) is -0.228.